The number of hydrogen-bond acceptors (Lipinski definition) is 3. The number of aromatic nitrogens is 1. The molecule has 1 unspecified atom stereocenters. The van der Waals surface area contributed by atoms with Crippen molar-refractivity contribution >= 4 is 29.2 Å². The van der Waals surface area contributed by atoms with Gasteiger partial charge in [0.25, 0.3) is 5.91 Å². The third kappa shape index (κ3) is 5.46. The summed E-state index contributed by atoms with van der Waals surface area (Å²) in [7, 11) is 0. The van der Waals surface area contributed by atoms with Crippen molar-refractivity contribution < 1.29 is 9.59 Å². The molecule has 26 heavy (non-hydrogen) atoms. The molecule has 0 fully saturated rings. The molecular weight excluding hydrogens is 352 g/mol. The molecule has 7 heteroatoms. The first-order chi connectivity index (χ1) is 12.3. The zero-order valence-electron chi connectivity index (χ0n) is 15.3. The van der Waals surface area contributed by atoms with E-state index in [1.165, 1.54) is 0 Å². The first-order valence-electron chi connectivity index (χ1n) is 8.36. The molecule has 0 aliphatic rings. The first-order valence-corrected chi connectivity index (χ1v) is 8.74. The molecule has 0 spiro atoms. The van der Waals surface area contributed by atoms with Crippen LogP contribution < -0.4 is 16.0 Å². The van der Waals surface area contributed by atoms with Crippen LogP contribution in [0.1, 0.15) is 48.4 Å². The highest BCUT2D eigenvalue weighted by atomic mass is 35.5. The van der Waals surface area contributed by atoms with Crippen LogP contribution in [-0.4, -0.2) is 23.0 Å². The van der Waals surface area contributed by atoms with E-state index in [2.05, 4.69) is 20.9 Å². The van der Waals surface area contributed by atoms with Gasteiger partial charge >= 0.3 is 6.03 Å². The number of amides is 3. The van der Waals surface area contributed by atoms with Crippen molar-refractivity contribution in [3.05, 3.63) is 58.4 Å². The molecule has 138 valence electrons. The fourth-order valence-electron chi connectivity index (χ4n) is 2.28. The number of benzene rings is 1. The van der Waals surface area contributed by atoms with E-state index in [0.29, 0.717) is 16.3 Å². The molecule has 2 rings (SSSR count). The summed E-state index contributed by atoms with van der Waals surface area (Å²) in [6, 6.07) is 7.93. The van der Waals surface area contributed by atoms with Gasteiger partial charge in [-0.15, -0.1) is 0 Å². The number of carbonyl (C=O) groups excluding carboxylic acids is 2. The van der Waals surface area contributed by atoms with Crippen LogP contribution in [0.3, 0.4) is 0 Å². The molecule has 3 N–H and O–H groups in total. The van der Waals surface area contributed by atoms with Crippen LogP contribution in [-0.2, 0) is 0 Å². The lowest BCUT2D eigenvalue weighted by Gasteiger charge is -2.16. The monoisotopic (exact) mass is 374 g/mol. The Balaban J connectivity index is 2.06. The van der Waals surface area contributed by atoms with Crippen LogP contribution in [0.25, 0.3) is 0 Å². The zero-order chi connectivity index (χ0) is 19.3. The minimum atomic E-state index is -0.415. The van der Waals surface area contributed by atoms with Gasteiger partial charge in [-0.2, -0.15) is 0 Å². The summed E-state index contributed by atoms with van der Waals surface area (Å²) < 4.78 is 0. The van der Waals surface area contributed by atoms with E-state index in [0.717, 1.165) is 11.3 Å². The van der Waals surface area contributed by atoms with Crippen molar-refractivity contribution in [2.45, 2.75) is 39.8 Å². The van der Waals surface area contributed by atoms with Crippen molar-refractivity contribution in [2.24, 2.45) is 0 Å². The molecule has 1 heterocycles. The average molecular weight is 375 g/mol. The lowest BCUT2D eigenvalue weighted by molar-refractivity contribution is 0.0943. The maximum Gasteiger partial charge on any atom is 0.319 e. The molecule has 1 aromatic heterocycles. The van der Waals surface area contributed by atoms with E-state index in [4.69, 9.17) is 11.6 Å². The molecule has 0 saturated heterocycles. The SMILES string of the molecule is Cc1ccc(C(C)NC(=O)Nc2cc(C(=O)NC(C)C)ccc2Cl)cn1. The minimum Gasteiger partial charge on any atom is -0.350 e. The van der Waals surface area contributed by atoms with Gasteiger partial charge in [-0.05, 0) is 57.5 Å². The summed E-state index contributed by atoms with van der Waals surface area (Å²) in [6.07, 6.45) is 1.73. The van der Waals surface area contributed by atoms with E-state index >= 15 is 0 Å². The topological polar surface area (TPSA) is 83.1 Å². The first kappa shape index (κ1) is 19.7. The van der Waals surface area contributed by atoms with Gasteiger partial charge in [-0.1, -0.05) is 17.7 Å². The fourth-order valence-corrected chi connectivity index (χ4v) is 2.45. The van der Waals surface area contributed by atoms with Crippen LogP contribution in [0.5, 0.6) is 0 Å². The number of nitrogens with one attached hydrogen (secondary N) is 3. The van der Waals surface area contributed by atoms with E-state index in [1.807, 2.05) is 39.8 Å². The van der Waals surface area contributed by atoms with Gasteiger partial charge in [0.05, 0.1) is 16.8 Å². The number of anilines is 1. The molecule has 3 amide bonds. The standard InChI is InChI=1S/C19H23ClN4O2/c1-11(2)22-18(25)14-7-8-16(20)17(9-14)24-19(26)23-13(4)15-6-5-12(3)21-10-15/h5-11,13H,1-4H3,(H,22,25)(H2,23,24,26). The number of rotatable bonds is 5. The second-order valence-electron chi connectivity index (χ2n) is 6.38. The Morgan fingerprint density at radius 1 is 1.08 bits per heavy atom. The number of carbonyl (C=O) groups is 2. The molecule has 0 aliphatic heterocycles. The second-order valence-corrected chi connectivity index (χ2v) is 6.78. The molecule has 2 aromatic rings. The average Bonchev–Trinajstić information content (AvgIpc) is 2.56. The van der Waals surface area contributed by atoms with E-state index in [-0.39, 0.29) is 18.0 Å². The predicted octanol–water partition coefficient (Wildman–Crippen LogP) is 4.06. The maximum absolute atomic E-state index is 12.3. The van der Waals surface area contributed by atoms with E-state index in [1.54, 1.807) is 24.4 Å². The summed E-state index contributed by atoms with van der Waals surface area (Å²) >= 11 is 6.14. The molecule has 1 atom stereocenters. The summed E-state index contributed by atoms with van der Waals surface area (Å²) in [4.78, 5) is 28.6. The maximum atomic E-state index is 12.3. The molecule has 0 saturated carbocycles. The van der Waals surface area contributed by atoms with Gasteiger partial charge in [0.2, 0.25) is 0 Å². The third-order valence-electron chi connectivity index (χ3n) is 3.68. The summed E-state index contributed by atoms with van der Waals surface area (Å²) in [6.45, 7) is 7.52. The fraction of sp³-hybridized carbons (Fsp3) is 0.316. The lowest BCUT2D eigenvalue weighted by Crippen LogP contribution is -2.32. The number of halogens is 1. The molecule has 6 nitrogen and oxygen atoms in total. The highest BCUT2D eigenvalue weighted by Gasteiger charge is 2.14. The molecule has 0 radical (unpaired) electrons. The van der Waals surface area contributed by atoms with Gasteiger partial charge in [0.1, 0.15) is 0 Å². The molecule has 0 aliphatic carbocycles. The van der Waals surface area contributed by atoms with Crippen LogP contribution >= 0.6 is 11.6 Å². The Morgan fingerprint density at radius 2 is 1.81 bits per heavy atom. The lowest BCUT2D eigenvalue weighted by atomic mass is 10.1. The number of hydrogen-bond donors (Lipinski definition) is 3. The smallest absolute Gasteiger partial charge is 0.319 e. The van der Waals surface area contributed by atoms with Gasteiger partial charge < -0.3 is 16.0 Å². The van der Waals surface area contributed by atoms with Gasteiger partial charge in [0, 0.05) is 23.5 Å². The minimum absolute atomic E-state index is 0.0156. The summed E-state index contributed by atoms with van der Waals surface area (Å²) in [5, 5.41) is 8.66. The van der Waals surface area contributed by atoms with Crippen molar-refractivity contribution in [1.82, 2.24) is 15.6 Å². The Hall–Kier alpha value is -2.60. The quantitative estimate of drug-likeness (QED) is 0.737. The van der Waals surface area contributed by atoms with Crippen molar-refractivity contribution in [1.29, 1.82) is 0 Å². The summed E-state index contributed by atoms with van der Waals surface area (Å²) in [5.74, 6) is -0.223. The van der Waals surface area contributed by atoms with Gasteiger partial charge in [-0.25, -0.2) is 4.79 Å². The van der Waals surface area contributed by atoms with Crippen molar-refractivity contribution in [3.8, 4) is 0 Å². The molecule has 0 bridgehead atoms. The number of urea groups is 1. The van der Waals surface area contributed by atoms with Crippen molar-refractivity contribution in [3.63, 3.8) is 0 Å². The molecular formula is C19H23ClN4O2. The normalized spacial score (nSPS) is 11.8. The van der Waals surface area contributed by atoms with Crippen LogP contribution in [0.15, 0.2) is 36.5 Å². The van der Waals surface area contributed by atoms with Crippen LogP contribution in [0.2, 0.25) is 5.02 Å². The summed E-state index contributed by atoms with van der Waals surface area (Å²) in [5.41, 5.74) is 2.60. The van der Waals surface area contributed by atoms with Gasteiger partial charge in [0.15, 0.2) is 0 Å². The zero-order valence-corrected chi connectivity index (χ0v) is 16.0. The second kappa shape index (κ2) is 8.67. The van der Waals surface area contributed by atoms with E-state index < -0.39 is 6.03 Å². The predicted molar refractivity (Wildman–Crippen MR) is 104 cm³/mol. The Labute approximate surface area is 158 Å². The van der Waals surface area contributed by atoms with E-state index in [9.17, 15) is 9.59 Å². The molecule has 1 aromatic carbocycles. The highest BCUT2D eigenvalue weighted by molar-refractivity contribution is 6.33. The Morgan fingerprint density at radius 3 is 2.42 bits per heavy atom. The van der Waals surface area contributed by atoms with Crippen molar-refractivity contribution in [2.75, 3.05) is 5.32 Å². The van der Waals surface area contributed by atoms with Crippen LogP contribution in [0, 0.1) is 6.92 Å². The Bertz CT molecular complexity index is 791. The number of pyridine rings is 1. The number of aryl methyl sites for hydroxylation is 1. The Kier molecular flexibility index (Phi) is 6.58. The number of nitrogens with zero attached hydrogens (tertiary/aromatic N) is 1. The highest BCUT2D eigenvalue weighted by Crippen LogP contribution is 2.23. The van der Waals surface area contributed by atoms with Crippen LogP contribution in [0.4, 0.5) is 10.5 Å². The van der Waals surface area contributed by atoms with Gasteiger partial charge in [-0.3, -0.25) is 9.78 Å². The third-order valence-corrected chi connectivity index (χ3v) is 4.01. The largest absolute Gasteiger partial charge is 0.350 e.